The second-order valence-electron chi connectivity index (χ2n) is 6.24. The van der Waals surface area contributed by atoms with Crippen LogP contribution in [0.25, 0.3) is 0 Å². The number of nitrogens with zero attached hydrogens (tertiary/aromatic N) is 2. The number of pyridine rings is 1. The van der Waals surface area contributed by atoms with Gasteiger partial charge in [0.1, 0.15) is 5.82 Å². The molecule has 8 nitrogen and oxygen atoms in total. The zero-order chi connectivity index (χ0) is 19.9. The largest absolute Gasteiger partial charge is 0.351 e. The Morgan fingerprint density at radius 1 is 1.27 bits per heavy atom. The van der Waals surface area contributed by atoms with E-state index < -0.39 is 5.91 Å². The van der Waals surface area contributed by atoms with Crippen LogP contribution < -0.4 is 16.4 Å². The summed E-state index contributed by atoms with van der Waals surface area (Å²) in [5.41, 5.74) is 6.83. The van der Waals surface area contributed by atoms with Crippen LogP contribution in [0.5, 0.6) is 0 Å². The van der Waals surface area contributed by atoms with Crippen LogP contribution in [-0.4, -0.2) is 61.7 Å². The molecule has 26 heavy (non-hydrogen) atoms. The highest BCUT2D eigenvalue weighted by molar-refractivity contribution is 6.29. The van der Waals surface area contributed by atoms with Crippen molar-refractivity contribution in [2.45, 2.75) is 44.7 Å². The second kappa shape index (κ2) is 13.9. The molecule has 0 spiro atoms. The number of hydrogen-bond donors (Lipinski definition) is 3. The highest BCUT2D eigenvalue weighted by atomic mass is 16.2. The zero-order valence-electron chi connectivity index (χ0n) is 16.1. The predicted octanol–water partition coefficient (Wildman–Crippen LogP) is 0.708. The minimum absolute atomic E-state index is 0.210. The highest BCUT2D eigenvalue weighted by Crippen LogP contribution is 2.15. The fraction of sp³-hybridized carbons (Fsp3) is 0.556. The Kier molecular flexibility index (Phi) is 12.7. The zero-order valence-corrected chi connectivity index (χ0v) is 16.1. The second-order valence-corrected chi connectivity index (χ2v) is 6.24. The van der Waals surface area contributed by atoms with Crippen LogP contribution >= 0.6 is 0 Å². The molecule has 2 unspecified atom stereocenters. The summed E-state index contributed by atoms with van der Waals surface area (Å²) in [4.78, 5) is 35.2. The summed E-state index contributed by atoms with van der Waals surface area (Å²) >= 11 is 0. The fourth-order valence-electron chi connectivity index (χ4n) is 2.22. The van der Waals surface area contributed by atoms with Crippen LogP contribution in [0.4, 0.5) is 5.82 Å². The van der Waals surface area contributed by atoms with Gasteiger partial charge in [0.2, 0.25) is 12.7 Å². The molecule has 1 aromatic rings. The molecule has 0 aromatic carbocycles. The van der Waals surface area contributed by atoms with Gasteiger partial charge < -0.3 is 21.3 Å². The smallest absolute Gasteiger partial charge is 0.289 e. The van der Waals surface area contributed by atoms with Crippen molar-refractivity contribution in [1.82, 2.24) is 15.2 Å². The Bertz CT molecular complexity index is 534. The van der Waals surface area contributed by atoms with Gasteiger partial charge in [-0.1, -0.05) is 18.9 Å². The molecule has 146 valence electrons. The van der Waals surface area contributed by atoms with Crippen molar-refractivity contribution >= 4 is 24.4 Å². The third-order valence-electron chi connectivity index (χ3n) is 3.67. The molecule has 0 aliphatic heterocycles. The van der Waals surface area contributed by atoms with E-state index in [0.29, 0.717) is 17.9 Å². The van der Waals surface area contributed by atoms with Crippen molar-refractivity contribution in [1.29, 1.82) is 0 Å². The molecular formula is C18H31N5O3. The van der Waals surface area contributed by atoms with Gasteiger partial charge in [-0.3, -0.25) is 14.4 Å². The van der Waals surface area contributed by atoms with Gasteiger partial charge in [-0.05, 0) is 38.4 Å². The highest BCUT2D eigenvalue weighted by Gasteiger charge is 2.18. The quantitative estimate of drug-likeness (QED) is 0.534. The summed E-state index contributed by atoms with van der Waals surface area (Å²) in [5, 5.41) is 5.53. The number of hydrogen-bond acceptors (Lipinski definition) is 6. The number of nitrogens with two attached hydrogens (primary N) is 1. The van der Waals surface area contributed by atoms with Gasteiger partial charge in [0.05, 0.1) is 0 Å². The molecule has 2 amide bonds. The summed E-state index contributed by atoms with van der Waals surface area (Å²) in [7, 11) is 5.37. The molecule has 1 aliphatic carbocycles. The van der Waals surface area contributed by atoms with Crippen molar-refractivity contribution in [3.63, 3.8) is 0 Å². The van der Waals surface area contributed by atoms with Gasteiger partial charge >= 0.3 is 0 Å². The fourth-order valence-corrected chi connectivity index (χ4v) is 2.22. The molecule has 1 saturated carbocycles. The molecule has 0 radical (unpaired) electrons. The van der Waals surface area contributed by atoms with Gasteiger partial charge in [-0.15, -0.1) is 0 Å². The van der Waals surface area contributed by atoms with E-state index in [-0.39, 0.29) is 6.29 Å². The maximum absolute atomic E-state index is 10.5. The molecule has 0 saturated heterocycles. The van der Waals surface area contributed by atoms with Crippen LogP contribution in [0.2, 0.25) is 0 Å². The Balaban J connectivity index is 0.000000394. The number of anilines is 1. The van der Waals surface area contributed by atoms with Gasteiger partial charge in [0.15, 0.2) is 0 Å². The summed E-state index contributed by atoms with van der Waals surface area (Å²) in [6, 6.07) is 4.42. The molecular weight excluding hydrogens is 334 g/mol. The lowest BCUT2D eigenvalue weighted by atomic mass is 9.91. The molecule has 1 heterocycles. The topological polar surface area (TPSA) is 117 Å². The minimum Gasteiger partial charge on any atom is -0.351 e. The Morgan fingerprint density at radius 3 is 2.27 bits per heavy atom. The molecule has 0 bridgehead atoms. The standard InChI is InChI=1S/C8H8N2O2.C7H16N2.C3H7NO/c1-6-2-3-7(9-4-6)10-8(12)5-11;1-9-7-5-3-2-4-6(7)8;1-4(2)3-5/h2-5H,1H3,(H,9,10,12);6-7,9H,2-5,8H2,1H3;3H,1-2H3. The SMILES string of the molecule is CN(C)C=O.CNC1CCCCC1N.Cc1ccc(NC(=O)C=O)nc1. The summed E-state index contributed by atoms with van der Waals surface area (Å²) in [5.74, 6) is -0.302. The number of aryl methyl sites for hydroxylation is 1. The molecule has 1 aromatic heterocycles. The van der Waals surface area contributed by atoms with Crippen LogP contribution in [0.15, 0.2) is 18.3 Å². The number of carbonyl (C=O) groups excluding carboxylic acids is 3. The average Bonchev–Trinajstić information content (AvgIpc) is 2.65. The Hall–Kier alpha value is -2.32. The summed E-state index contributed by atoms with van der Waals surface area (Å²) in [6.45, 7) is 1.89. The number of aromatic nitrogens is 1. The van der Waals surface area contributed by atoms with E-state index in [4.69, 9.17) is 5.73 Å². The minimum atomic E-state index is -0.689. The van der Waals surface area contributed by atoms with Gasteiger partial charge in [-0.25, -0.2) is 4.98 Å². The van der Waals surface area contributed by atoms with Gasteiger partial charge in [0, 0.05) is 32.4 Å². The van der Waals surface area contributed by atoms with E-state index in [0.717, 1.165) is 12.0 Å². The average molecular weight is 365 g/mol. The molecule has 2 atom stereocenters. The van der Waals surface area contributed by atoms with E-state index >= 15 is 0 Å². The number of amides is 2. The number of likely N-dealkylation sites (N-methyl/N-ethyl adjacent to an activating group) is 1. The lowest BCUT2D eigenvalue weighted by molar-refractivity contribution is -0.127. The first kappa shape index (κ1) is 23.7. The predicted molar refractivity (Wildman–Crippen MR) is 103 cm³/mol. The summed E-state index contributed by atoms with van der Waals surface area (Å²) in [6.07, 6.45) is 7.70. The van der Waals surface area contributed by atoms with E-state index in [1.165, 1.54) is 30.6 Å². The molecule has 8 heteroatoms. The molecule has 1 fully saturated rings. The molecule has 4 N–H and O–H groups in total. The van der Waals surface area contributed by atoms with Crippen molar-refractivity contribution < 1.29 is 14.4 Å². The number of aldehydes is 1. The lowest BCUT2D eigenvalue weighted by Gasteiger charge is -2.27. The van der Waals surface area contributed by atoms with Gasteiger partial charge in [-0.2, -0.15) is 0 Å². The number of nitrogens with one attached hydrogen (secondary N) is 2. The normalized spacial score (nSPS) is 18.2. The third kappa shape index (κ3) is 11.3. The van der Waals surface area contributed by atoms with Crippen molar-refractivity contribution in [3.05, 3.63) is 23.9 Å². The first-order valence-corrected chi connectivity index (χ1v) is 8.57. The molecule has 1 aliphatic rings. The van der Waals surface area contributed by atoms with E-state index in [1.54, 1.807) is 32.4 Å². The first-order chi connectivity index (χ1) is 12.3. The van der Waals surface area contributed by atoms with Crippen molar-refractivity contribution in [3.8, 4) is 0 Å². The van der Waals surface area contributed by atoms with Crippen LogP contribution in [0.3, 0.4) is 0 Å². The number of carbonyl (C=O) groups is 3. The van der Waals surface area contributed by atoms with Crippen LogP contribution in [0.1, 0.15) is 31.2 Å². The van der Waals surface area contributed by atoms with Crippen molar-refractivity contribution in [2.24, 2.45) is 5.73 Å². The van der Waals surface area contributed by atoms with Gasteiger partial charge in [0.25, 0.3) is 5.91 Å². The Labute approximate surface area is 155 Å². The van der Waals surface area contributed by atoms with E-state index in [2.05, 4.69) is 15.6 Å². The first-order valence-electron chi connectivity index (χ1n) is 8.57. The monoisotopic (exact) mass is 365 g/mol. The Morgan fingerprint density at radius 2 is 1.88 bits per heavy atom. The summed E-state index contributed by atoms with van der Waals surface area (Å²) < 4.78 is 0. The number of rotatable bonds is 4. The van der Waals surface area contributed by atoms with E-state index in [1.807, 2.05) is 14.0 Å². The lowest BCUT2D eigenvalue weighted by Crippen LogP contribution is -2.45. The van der Waals surface area contributed by atoms with Crippen LogP contribution in [0, 0.1) is 6.92 Å². The van der Waals surface area contributed by atoms with Crippen LogP contribution in [-0.2, 0) is 14.4 Å². The maximum atomic E-state index is 10.5. The maximum Gasteiger partial charge on any atom is 0.289 e. The van der Waals surface area contributed by atoms with Crippen molar-refractivity contribution in [2.75, 3.05) is 26.5 Å². The van der Waals surface area contributed by atoms with E-state index in [9.17, 15) is 14.4 Å². The molecule has 2 rings (SSSR count). The third-order valence-corrected chi connectivity index (χ3v) is 3.67.